The zero-order valence-corrected chi connectivity index (χ0v) is 10.8. The Kier molecular flexibility index (Phi) is 2.91. The van der Waals surface area contributed by atoms with E-state index in [9.17, 15) is 0 Å². The van der Waals surface area contributed by atoms with Crippen LogP contribution in [0.5, 0.6) is 0 Å². The predicted octanol–water partition coefficient (Wildman–Crippen LogP) is 3.27. The van der Waals surface area contributed by atoms with E-state index in [0.29, 0.717) is 6.04 Å². The Labute approximate surface area is 99.6 Å². The first-order valence-electron chi connectivity index (χ1n) is 5.37. The second kappa shape index (κ2) is 4.05. The van der Waals surface area contributed by atoms with Gasteiger partial charge in [-0.3, -0.25) is 0 Å². The number of nitrogen functional groups attached to an aromatic ring is 1. The van der Waals surface area contributed by atoms with E-state index in [-0.39, 0.29) is 0 Å². The molecule has 0 amide bonds. The van der Waals surface area contributed by atoms with Crippen molar-refractivity contribution in [2.75, 3.05) is 17.7 Å². The lowest BCUT2D eigenvalue weighted by Crippen LogP contribution is -2.31. The van der Waals surface area contributed by atoms with Gasteiger partial charge in [0.15, 0.2) is 0 Å². The second-order valence-electron chi connectivity index (χ2n) is 4.39. The largest absolute Gasteiger partial charge is 0.397 e. The summed E-state index contributed by atoms with van der Waals surface area (Å²) in [6, 6.07) is 6.61. The van der Waals surface area contributed by atoms with E-state index in [2.05, 4.69) is 40.9 Å². The molecule has 3 heteroatoms. The fourth-order valence-corrected chi connectivity index (χ4v) is 2.29. The Hall–Kier alpha value is -0.700. The quantitative estimate of drug-likeness (QED) is 0.853. The SMILES string of the molecule is CC(C1CC1)N(C)c1cc(Br)ccc1N. The summed E-state index contributed by atoms with van der Waals surface area (Å²) in [6.07, 6.45) is 2.72. The highest BCUT2D eigenvalue weighted by Gasteiger charge is 2.31. The van der Waals surface area contributed by atoms with Gasteiger partial charge in [-0.15, -0.1) is 0 Å². The van der Waals surface area contributed by atoms with Crippen molar-refractivity contribution in [3.8, 4) is 0 Å². The molecule has 1 aromatic rings. The van der Waals surface area contributed by atoms with E-state index < -0.39 is 0 Å². The molecule has 0 aliphatic heterocycles. The summed E-state index contributed by atoms with van der Waals surface area (Å²) in [5.74, 6) is 0.855. The maximum Gasteiger partial charge on any atom is 0.0611 e. The summed E-state index contributed by atoms with van der Waals surface area (Å²) < 4.78 is 1.08. The fraction of sp³-hybridized carbons (Fsp3) is 0.500. The van der Waals surface area contributed by atoms with E-state index in [1.54, 1.807) is 0 Å². The molecule has 1 fully saturated rings. The molecule has 2 N–H and O–H groups in total. The molecule has 82 valence electrons. The Morgan fingerprint density at radius 1 is 1.47 bits per heavy atom. The number of hydrogen-bond acceptors (Lipinski definition) is 2. The molecule has 15 heavy (non-hydrogen) atoms. The third-order valence-electron chi connectivity index (χ3n) is 3.29. The van der Waals surface area contributed by atoms with Gasteiger partial charge in [0.1, 0.15) is 0 Å². The van der Waals surface area contributed by atoms with Crippen molar-refractivity contribution in [1.82, 2.24) is 0 Å². The first-order valence-corrected chi connectivity index (χ1v) is 6.16. The van der Waals surface area contributed by atoms with Crippen molar-refractivity contribution in [1.29, 1.82) is 0 Å². The zero-order chi connectivity index (χ0) is 11.0. The Morgan fingerprint density at radius 2 is 2.13 bits per heavy atom. The average Bonchev–Trinajstić information content (AvgIpc) is 3.03. The molecule has 1 aromatic carbocycles. The van der Waals surface area contributed by atoms with Gasteiger partial charge < -0.3 is 10.6 Å². The fourth-order valence-electron chi connectivity index (χ4n) is 1.94. The lowest BCUT2D eigenvalue weighted by molar-refractivity contribution is 0.610. The number of nitrogens with zero attached hydrogens (tertiary/aromatic N) is 1. The van der Waals surface area contributed by atoms with Crippen LogP contribution in [0.25, 0.3) is 0 Å². The molecule has 1 aliphatic rings. The average molecular weight is 269 g/mol. The van der Waals surface area contributed by atoms with E-state index >= 15 is 0 Å². The smallest absolute Gasteiger partial charge is 0.0611 e. The van der Waals surface area contributed by atoms with Crippen LogP contribution >= 0.6 is 15.9 Å². The van der Waals surface area contributed by atoms with Crippen LogP contribution in [-0.2, 0) is 0 Å². The Balaban J connectivity index is 2.23. The van der Waals surface area contributed by atoms with Gasteiger partial charge in [-0.25, -0.2) is 0 Å². The molecule has 1 saturated carbocycles. The number of anilines is 2. The molecule has 0 radical (unpaired) electrons. The van der Waals surface area contributed by atoms with Crippen molar-refractivity contribution < 1.29 is 0 Å². The Morgan fingerprint density at radius 3 is 2.73 bits per heavy atom. The molecule has 0 bridgehead atoms. The van der Waals surface area contributed by atoms with Crippen LogP contribution in [-0.4, -0.2) is 13.1 Å². The zero-order valence-electron chi connectivity index (χ0n) is 9.20. The van der Waals surface area contributed by atoms with Gasteiger partial charge in [-0.2, -0.15) is 0 Å². The second-order valence-corrected chi connectivity index (χ2v) is 5.31. The summed E-state index contributed by atoms with van der Waals surface area (Å²) in [4.78, 5) is 2.29. The minimum absolute atomic E-state index is 0.585. The first-order chi connectivity index (χ1) is 7.09. The van der Waals surface area contributed by atoms with Gasteiger partial charge in [0.2, 0.25) is 0 Å². The predicted molar refractivity (Wildman–Crippen MR) is 69.1 cm³/mol. The minimum atomic E-state index is 0.585. The molecule has 0 spiro atoms. The molecule has 2 nitrogen and oxygen atoms in total. The number of benzene rings is 1. The van der Waals surface area contributed by atoms with E-state index in [4.69, 9.17) is 5.73 Å². The van der Waals surface area contributed by atoms with Gasteiger partial charge >= 0.3 is 0 Å². The molecule has 0 saturated heterocycles. The molecule has 1 unspecified atom stereocenters. The van der Waals surface area contributed by atoms with Crippen LogP contribution in [0.1, 0.15) is 19.8 Å². The molecule has 2 rings (SSSR count). The van der Waals surface area contributed by atoms with Crippen molar-refractivity contribution in [2.45, 2.75) is 25.8 Å². The highest BCUT2D eigenvalue weighted by molar-refractivity contribution is 9.10. The summed E-state index contributed by atoms with van der Waals surface area (Å²) in [7, 11) is 2.13. The molecule has 1 atom stereocenters. The van der Waals surface area contributed by atoms with Crippen LogP contribution in [0.2, 0.25) is 0 Å². The normalized spacial score (nSPS) is 17.5. The van der Waals surface area contributed by atoms with Gasteiger partial charge in [-0.1, -0.05) is 15.9 Å². The summed E-state index contributed by atoms with van der Waals surface area (Å²) in [5, 5.41) is 0. The number of rotatable bonds is 3. The van der Waals surface area contributed by atoms with Crippen LogP contribution in [0, 0.1) is 5.92 Å². The number of hydrogen-bond donors (Lipinski definition) is 1. The van der Waals surface area contributed by atoms with E-state index in [0.717, 1.165) is 21.8 Å². The van der Waals surface area contributed by atoms with E-state index in [1.807, 2.05) is 12.1 Å². The maximum absolute atomic E-state index is 5.99. The number of halogens is 1. The summed E-state index contributed by atoms with van der Waals surface area (Å²) in [6.45, 7) is 2.28. The monoisotopic (exact) mass is 268 g/mol. The van der Waals surface area contributed by atoms with Crippen LogP contribution in [0.3, 0.4) is 0 Å². The molecular formula is C12H17BrN2. The highest BCUT2D eigenvalue weighted by Crippen LogP contribution is 2.38. The van der Waals surface area contributed by atoms with Crippen molar-refractivity contribution >= 4 is 27.3 Å². The van der Waals surface area contributed by atoms with Crippen molar-refractivity contribution in [3.05, 3.63) is 22.7 Å². The lowest BCUT2D eigenvalue weighted by Gasteiger charge is -2.28. The minimum Gasteiger partial charge on any atom is -0.397 e. The van der Waals surface area contributed by atoms with Gasteiger partial charge in [0.25, 0.3) is 0 Å². The third kappa shape index (κ3) is 2.28. The van der Waals surface area contributed by atoms with Crippen LogP contribution in [0.15, 0.2) is 22.7 Å². The summed E-state index contributed by atoms with van der Waals surface area (Å²) in [5.41, 5.74) is 7.97. The Bertz CT molecular complexity index is 361. The molecular weight excluding hydrogens is 252 g/mol. The van der Waals surface area contributed by atoms with Gasteiger partial charge in [0.05, 0.1) is 11.4 Å². The molecule has 1 aliphatic carbocycles. The van der Waals surface area contributed by atoms with Crippen molar-refractivity contribution in [2.24, 2.45) is 5.92 Å². The topological polar surface area (TPSA) is 29.3 Å². The molecule has 0 aromatic heterocycles. The van der Waals surface area contributed by atoms with Gasteiger partial charge in [-0.05, 0) is 43.9 Å². The maximum atomic E-state index is 5.99. The standard InChI is InChI=1S/C12H17BrN2/c1-8(9-3-4-9)15(2)12-7-10(13)5-6-11(12)14/h5-9H,3-4,14H2,1-2H3. The van der Waals surface area contributed by atoms with Crippen molar-refractivity contribution in [3.63, 3.8) is 0 Å². The summed E-state index contributed by atoms with van der Waals surface area (Å²) >= 11 is 3.48. The first kappa shape index (κ1) is 10.8. The number of nitrogens with two attached hydrogens (primary N) is 1. The third-order valence-corrected chi connectivity index (χ3v) is 3.78. The van der Waals surface area contributed by atoms with Crippen LogP contribution in [0.4, 0.5) is 11.4 Å². The van der Waals surface area contributed by atoms with E-state index in [1.165, 1.54) is 12.8 Å². The molecule has 0 heterocycles. The van der Waals surface area contributed by atoms with Crippen LogP contribution < -0.4 is 10.6 Å². The highest BCUT2D eigenvalue weighted by atomic mass is 79.9. The lowest BCUT2D eigenvalue weighted by atomic mass is 10.1. The van der Waals surface area contributed by atoms with Gasteiger partial charge in [0, 0.05) is 17.6 Å².